The summed E-state index contributed by atoms with van der Waals surface area (Å²) in [4.78, 5) is 2.21. The summed E-state index contributed by atoms with van der Waals surface area (Å²) in [6.45, 7) is 2.91. The minimum absolute atomic E-state index is 0.362. The smallest absolute Gasteiger partial charge is 0.142 e. The molecule has 1 saturated heterocycles. The molecule has 1 heterocycles. The molecule has 4 heteroatoms. The van der Waals surface area contributed by atoms with Gasteiger partial charge in [0.25, 0.3) is 0 Å². The van der Waals surface area contributed by atoms with Gasteiger partial charge in [-0.2, -0.15) is 0 Å². The average Bonchev–Trinajstić information content (AvgIpc) is 2.30. The monoisotopic (exact) mass is 208 g/mol. The highest BCUT2D eigenvalue weighted by Gasteiger charge is 2.17. The molecule has 0 radical (unpaired) electrons. The first-order valence-corrected chi connectivity index (χ1v) is 5.21. The van der Waals surface area contributed by atoms with Crippen molar-refractivity contribution in [1.82, 2.24) is 0 Å². The topological polar surface area (TPSA) is 40.0 Å². The molecule has 1 aliphatic heterocycles. The van der Waals surface area contributed by atoms with Gasteiger partial charge in [-0.05, 0) is 12.1 Å². The molecule has 0 saturated carbocycles. The van der Waals surface area contributed by atoms with Crippen LogP contribution >= 0.6 is 0 Å². The summed E-state index contributed by atoms with van der Waals surface area (Å²) in [6, 6.07) is 7.94. The fourth-order valence-corrected chi connectivity index (χ4v) is 1.89. The third-order valence-electron chi connectivity index (χ3n) is 2.75. The van der Waals surface area contributed by atoms with Gasteiger partial charge in [0.05, 0.1) is 39.0 Å². The molecule has 0 aliphatic carbocycles. The van der Waals surface area contributed by atoms with Crippen LogP contribution in [-0.4, -0.2) is 33.3 Å². The Balaban J connectivity index is 2.15. The number of nitrogens with one attached hydrogen (secondary N) is 1. The van der Waals surface area contributed by atoms with Crippen LogP contribution in [0.4, 0.5) is 5.69 Å². The maximum atomic E-state index is 11.1. The molecular weight excluding hydrogens is 192 g/mol. The predicted octanol–water partition coefficient (Wildman–Crippen LogP) is -0.102. The zero-order chi connectivity index (χ0) is 10.7. The Kier molecular flexibility index (Phi) is 3.08. The number of methoxy groups -OCH3 is 1. The van der Waals surface area contributed by atoms with E-state index in [1.807, 2.05) is 24.3 Å². The first-order chi connectivity index (χ1) is 7.31. The second-order valence-corrected chi connectivity index (χ2v) is 3.70. The molecule has 0 bridgehead atoms. The molecule has 2 rings (SSSR count). The van der Waals surface area contributed by atoms with Gasteiger partial charge in [-0.3, -0.25) is 0 Å². The second-order valence-electron chi connectivity index (χ2n) is 3.70. The molecule has 4 nitrogen and oxygen atoms in total. The maximum absolute atomic E-state index is 11.1. The Morgan fingerprint density at radius 3 is 2.60 bits per heavy atom. The van der Waals surface area contributed by atoms with Crippen molar-refractivity contribution >= 4 is 5.69 Å². The van der Waals surface area contributed by atoms with Gasteiger partial charge in [0.2, 0.25) is 0 Å². The van der Waals surface area contributed by atoms with Crippen molar-refractivity contribution in [2.24, 2.45) is 0 Å². The van der Waals surface area contributed by atoms with Gasteiger partial charge in [-0.15, -0.1) is 0 Å². The van der Waals surface area contributed by atoms with Crippen molar-refractivity contribution in [2.45, 2.75) is 0 Å². The molecular formula is C11H16N2O2. The van der Waals surface area contributed by atoms with Crippen LogP contribution in [0.15, 0.2) is 24.3 Å². The van der Waals surface area contributed by atoms with Gasteiger partial charge in [0.1, 0.15) is 5.75 Å². The van der Waals surface area contributed by atoms with Crippen molar-refractivity contribution < 1.29 is 9.80 Å². The van der Waals surface area contributed by atoms with E-state index in [4.69, 9.17) is 4.74 Å². The molecule has 0 amide bonds. The fraction of sp³-hybridized carbons (Fsp3) is 0.455. The number of anilines is 1. The highest BCUT2D eigenvalue weighted by molar-refractivity contribution is 5.58. The highest BCUT2D eigenvalue weighted by Crippen LogP contribution is 2.27. The summed E-state index contributed by atoms with van der Waals surface area (Å²) in [6.07, 6.45) is 0. The van der Waals surface area contributed by atoms with Crippen molar-refractivity contribution in [2.75, 3.05) is 38.2 Å². The van der Waals surface area contributed by atoms with E-state index in [-0.39, 0.29) is 0 Å². The number of piperazine rings is 1. The van der Waals surface area contributed by atoms with E-state index in [0.717, 1.165) is 24.5 Å². The van der Waals surface area contributed by atoms with E-state index < -0.39 is 0 Å². The third kappa shape index (κ3) is 2.22. The van der Waals surface area contributed by atoms with E-state index in [0.29, 0.717) is 18.2 Å². The number of hydrogen-bond donors (Lipinski definition) is 1. The first-order valence-electron chi connectivity index (χ1n) is 5.21. The Morgan fingerprint density at radius 2 is 1.93 bits per heavy atom. The molecule has 1 aliphatic rings. The second kappa shape index (κ2) is 4.51. The highest BCUT2D eigenvalue weighted by atomic mass is 16.5. The molecule has 1 N–H and O–H groups in total. The van der Waals surface area contributed by atoms with E-state index in [1.54, 1.807) is 7.11 Å². The molecule has 1 fully saturated rings. The predicted molar refractivity (Wildman–Crippen MR) is 59.3 cm³/mol. The van der Waals surface area contributed by atoms with Crippen LogP contribution in [0.25, 0.3) is 0 Å². The van der Waals surface area contributed by atoms with Crippen LogP contribution in [0.1, 0.15) is 0 Å². The number of rotatable bonds is 2. The first kappa shape index (κ1) is 10.3. The summed E-state index contributed by atoms with van der Waals surface area (Å²) in [5.74, 6) is 0.881. The lowest BCUT2D eigenvalue weighted by Crippen LogP contribution is -3.10. The van der Waals surface area contributed by atoms with E-state index in [2.05, 4.69) is 4.90 Å². The van der Waals surface area contributed by atoms with Crippen molar-refractivity contribution in [3.05, 3.63) is 29.5 Å². The van der Waals surface area contributed by atoms with Crippen LogP contribution in [0.3, 0.4) is 0 Å². The lowest BCUT2D eigenvalue weighted by Gasteiger charge is -2.35. The number of para-hydroxylation sites is 2. The molecule has 15 heavy (non-hydrogen) atoms. The Hall–Kier alpha value is -1.26. The molecule has 82 valence electrons. The Labute approximate surface area is 89.6 Å². The Bertz CT molecular complexity index is 322. The average molecular weight is 208 g/mol. The van der Waals surface area contributed by atoms with Crippen molar-refractivity contribution in [3.8, 4) is 5.75 Å². The summed E-state index contributed by atoms with van der Waals surface area (Å²) >= 11 is 0. The van der Waals surface area contributed by atoms with Gasteiger partial charge < -0.3 is 19.9 Å². The number of quaternary nitrogens is 1. The van der Waals surface area contributed by atoms with E-state index in [9.17, 15) is 5.21 Å². The number of hydroxylamine groups is 2. The normalized spacial score (nSPS) is 17.9. The molecule has 1 aromatic rings. The number of nitrogens with zero attached hydrogens (tertiary/aromatic N) is 1. The number of benzene rings is 1. The third-order valence-corrected chi connectivity index (χ3v) is 2.75. The van der Waals surface area contributed by atoms with Crippen LogP contribution in [0.5, 0.6) is 5.75 Å². The standard InChI is InChI=1S/C11H16N2O2/c1-15-11-5-3-2-4-10(11)12-6-8-13(14)9-7-12/h2-5,13H,6-9H2,1H3. The quantitative estimate of drug-likeness (QED) is 0.690. The zero-order valence-corrected chi connectivity index (χ0v) is 8.90. The lowest BCUT2D eigenvalue weighted by atomic mass is 10.2. The maximum Gasteiger partial charge on any atom is 0.142 e. The summed E-state index contributed by atoms with van der Waals surface area (Å²) in [7, 11) is 1.67. The van der Waals surface area contributed by atoms with Crippen LogP contribution in [0, 0.1) is 5.21 Å². The summed E-state index contributed by atoms with van der Waals surface area (Å²) in [5.41, 5.74) is 1.09. The van der Waals surface area contributed by atoms with Gasteiger partial charge in [0, 0.05) is 0 Å². The molecule has 0 atom stereocenters. The molecule has 0 spiro atoms. The van der Waals surface area contributed by atoms with Gasteiger partial charge >= 0.3 is 0 Å². The van der Waals surface area contributed by atoms with E-state index in [1.165, 1.54) is 0 Å². The van der Waals surface area contributed by atoms with Gasteiger partial charge in [-0.1, -0.05) is 12.1 Å². The molecule has 0 aromatic heterocycles. The Morgan fingerprint density at radius 1 is 1.27 bits per heavy atom. The van der Waals surface area contributed by atoms with Crippen LogP contribution in [-0.2, 0) is 0 Å². The van der Waals surface area contributed by atoms with E-state index >= 15 is 0 Å². The van der Waals surface area contributed by atoms with Crippen LogP contribution in [0.2, 0.25) is 0 Å². The fourth-order valence-electron chi connectivity index (χ4n) is 1.89. The summed E-state index contributed by atoms with van der Waals surface area (Å²) in [5, 5.41) is 11.5. The SMILES string of the molecule is COc1ccccc1N1CC[NH+]([O-])CC1. The summed E-state index contributed by atoms with van der Waals surface area (Å²) < 4.78 is 5.30. The van der Waals surface area contributed by atoms with Crippen LogP contribution < -0.4 is 14.7 Å². The van der Waals surface area contributed by atoms with Crippen molar-refractivity contribution in [3.63, 3.8) is 0 Å². The zero-order valence-electron chi connectivity index (χ0n) is 8.90. The largest absolute Gasteiger partial charge is 0.634 e. The number of hydrogen-bond acceptors (Lipinski definition) is 3. The minimum atomic E-state index is 0.362. The lowest BCUT2D eigenvalue weighted by molar-refractivity contribution is -0.848. The number of ether oxygens (including phenoxy) is 1. The van der Waals surface area contributed by atoms with Gasteiger partial charge in [0.15, 0.2) is 0 Å². The van der Waals surface area contributed by atoms with Gasteiger partial charge in [-0.25, -0.2) is 0 Å². The minimum Gasteiger partial charge on any atom is -0.634 e. The van der Waals surface area contributed by atoms with Crippen molar-refractivity contribution in [1.29, 1.82) is 0 Å². The molecule has 1 aromatic carbocycles. The molecule has 0 unspecified atom stereocenters.